The molecule has 13 nitrogen and oxygen atoms in total. The summed E-state index contributed by atoms with van der Waals surface area (Å²) in [6.07, 6.45) is 3.85. The lowest BCUT2D eigenvalue weighted by atomic mass is 9.68. The summed E-state index contributed by atoms with van der Waals surface area (Å²) in [5.41, 5.74) is 0.155. The van der Waals surface area contributed by atoms with E-state index in [4.69, 9.17) is 14.2 Å². The zero-order chi connectivity index (χ0) is 32.3. The molecule has 0 radical (unpaired) electrons. The molecule has 6 aliphatic rings. The minimum absolute atomic E-state index is 0.0127. The molecule has 5 saturated heterocycles. The standard InChI is InChI=1S/C33H62N8O5/c1-22-27-7-8-39(16-23(27)5-6-29(22)45-20-26-15-34-21-46-26)17-25(42)14-35-31(43)28-13-30(36-24-18-44-19-24)38-32(37-28)40-9-11-41(12-10-40)33(2,3)4/h22-30,32,34,36-38,42H,5-21H2,1-4H3,(H,35,43)/t22?,23?,25-,26?,27?,28?,29?,30?,32?/m0/s1. The van der Waals surface area contributed by atoms with Crippen LogP contribution >= 0.6 is 0 Å². The van der Waals surface area contributed by atoms with Gasteiger partial charge in [0.1, 0.15) is 6.29 Å². The van der Waals surface area contributed by atoms with Crippen LogP contribution in [0.15, 0.2) is 0 Å². The number of carbonyl (C=O) groups is 1. The van der Waals surface area contributed by atoms with Gasteiger partial charge in [0.05, 0.1) is 63.1 Å². The predicted molar refractivity (Wildman–Crippen MR) is 176 cm³/mol. The third-order valence-corrected chi connectivity index (χ3v) is 11.4. The fourth-order valence-electron chi connectivity index (χ4n) is 8.52. The number of fused-ring (bicyclic) bond motifs is 1. The Hall–Kier alpha value is -0.970. The molecule has 0 aromatic rings. The first-order valence-corrected chi connectivity index (χ1v) is 18.1. The fourth-order valence-corrected chi connectivity index (χ4v) is 8.52. The van der Waals surface area contributed by atoms with E-state index in [1.165, 1.54) is 6.42 Å². The van der Waals surface area contributed by atoms with Crippen LogP contribution in [-0.2, 0) is 19.0 Å². The number of nitrogens with one attached hydrogen (secondary N) is 5. The number of rotatable bonds is 11. The highest BCUT2D eigenvalue weighted by atomic mass is 16.5. The molecular formula is C33H62N8O5. The van der Waals surface area contributed by atoms with Crippen LogP contribution in [0.25, 0.3) is 0 Å². The summed E-state index contributed by atoms with van der Waals surface area (Å²) in [6.45, 7) is 19.5. The topological polar surface area (TPSA) is 135 Å². The second kappa shape index (κ2) is 15.7. The molecule has 8 unspecified atom stereocenters. The smallest absolute Gasteiger partial charge is 0.237 e. The Bertz CT molecular complexity index is 970. The first-order chi connectivity index (χ1) is 22.1. The van der Waals surface area contributed by atoms with E-state index < -0.39 is 6.10 Å². The molecule has 5 aliphatic heterocycles. The van der Waals surface area contributed by atoms with Crippen molar-refractivity contribution in [2.45, 2.75) is 102 Å². The van der Waals surface area contributed by atoms with Gasteiger partial charge in [0.25, 0.3) is 0 Å². The van der Waals surface area contributed by atoms with Crippen LogP contribution in [0.2, 0.25) is 0 Å². The lowest BCUT2D eigenvalue weighted by Crippen LogP contribution is -2.73. The molecule has 6 fully saturated rings. The highest BCUT2D eigenvalue weighted by Crippen LogP contribution is 2.41. The highest BCUT2D eigenvalue weighted by Gasteiger charge is 2.41. The normalized spacial score (nSPS) is 37.8. The van der Waals surface area contributed by atoms with Crippen molar-refractivity contribution in [1.82, 2.24) is 41.3 Å². The van der Waals surface area contributed by atoms with Crippen LogP contribution in [0.1, 0.15) is 53.4 Å². The molecule has 9 atom stereocenters. The third-order valence-electron chi connectivity index (χ3n) is 11.4. The zero-order valence-corrected chi connectivity index (χ0v) is 28.7. The number of amides is 1. The van der Waals surface area contributed by atoms with E-state index in [2.05, 4.69) is 69.0 Å². The molecule has 0 aromatic heterocycles. The Labute approximate surface area is 276 Å². The molecule has 1 saturated carbocycles. The van der Waals surface area contributed by atoms with Gasteiger partial charge in [-0.15, -0.1) is 0 Å². The Balaban J connectivity index is 0.941. The molecule has 6 rings (SSSR count). The van der Waals surface area contributed by atoms with Gasteiger partial charge in [-0.1, -0.05) is 6.92 Å². The Morgan fingerprint density at radius 2 is 1.89 bits per heavy atom. The number of aliphatic hydroxyl groups excluding tert-OH is 1. The number of piperazine rings is 1. The maximum atomic E-state index is 13.5. The SMILES string of the molecule is CC1C(OCC2CNCO2)CCC2CN(C[C@@H](O)CNC(=O)C3CC(NC4COC4)NC(N4CCN(C(C)(C)C)CC4)N3)CCC21. The summed E-state index contributed by atoms with van der Waals surface area (Å²) in [6, 6.07) is -0.0259. The van der Waals surface area contributed by atoms with E-state index in [1.54, 1.807) is 0 Å². The molecule has 1 amide bonds. The lowest BCUT2D eigenvalue weighted by molar-refractivity contribution is -0.126. The van der Waals surface area contributed by atoms with Crippen molar-refractivity contribution < 1.29 is 24.1 Å². The minimum atomic E-state index is -0.596. The van der Waals surface area contributed by atoms with Crippen LogP contribution < -0.4 is 26.6 Å². The lowest BCUT2D eigenvalue weighted by Gasteiger charge is -2.48. The van der Waals surface area contributed by atoms with E-state index >= 15 is 0 Å². The summed E-state index contributed by atoms with van der Waals surface area (Å²) < 4.78 is 17.4. The predicted octanol–water partition coefficient (Wildman–Crippen LogP) is -0.872. The number of ether oxygens (including phenoxy) is 3. The van der Waals surface area contributed by atoms with Gasteiger partial charge in [0.2, 0.25) is 5.91 Å². The first-order valence-electron chi connectivity index (χ1n) is 18.1. The molecule has 46 heavy (non-hydrogen) atoms. The summed E-state index contributed by atoms with van der Waals surface area (Å²) in [7, 11) is 0. The summed E-state index contributed by atoms with van der Waals surface area (Å²) in [4.78, 5) is 20.8. The monoisotopic (exact) mass is 650 g/mol. The molecule has 0 aromatic carbocycles. The molecule has 0 bridgehead atoms. The second-order valence-corrected chi connectivity index (χ2v) is 15.7. The van der Waals surface area contributed by atoms with Crippen molar-refractivity contribution >= 4 is 5.91 Å². The van der Waals surface area contributed by atoms with Crippen LogP contribution in [0.4, 0.5) is 0 Å². The van der Waals surface area contributed by atoms with Gasteiger partial charge >= 0.3 is 0 Å². The number of aliphatic hydroxyl groups is 1. The second-order valence-electron chi connectivity index (χ2n) is 15.7. The zero-order valence-electron chi connectivity index (χ0n) is 28.7. The van der Waals surface area contributed by atoms with Crippen molar-refractivity contribution in [3.8, 4) is 0 Å². The van der Waals surface area contributed by atoms with Crippen molar-refractivity contribution in [1.29, 1.82) is 0 Å². The first kappa shape index (κ1) is 34.9. The molecule has 6 N–H and O–H groups in total. The van der Waals surface area contributed by atoms with Crippen molar-refractivity contribution in [2.24, 2.45) is 17.8 Å². The number of carbonyl (C=O) groups excluding carboxylic acids is 1. The summed E-state index contributed by atoms with van der Waals surface area (Å²) >= 11 is 0. The summed E-state index contributed by atoms with van der Waals surface area (Å²) in [5.74, 6) is 1.80. The number of piperidine rings is 1. The maximum absolute atomic E-state index is 13.5. The quantitative estimate of drug-likeness (QED) is 0.166. The fraction of sp³-hybridized carbons (Fsp3) is 0.970. The Morgan fingerprint density at radius 1 is 1.09 bits per heavy atom. The van der Waals surface area contributed by atoms with Crippen molar-refractivity contribution in [3.63, 3.8) is 0 Å². The van der Waals surface area contributed by atoms with Gasteiger partial charge in [-0.25, -0.2) is 0 Å². The number of hydrogen-bond donors (Lipinski definition) is 6. The number of hydrogen-bond acceptors (Lipinski definition) is 12. The Kier molecular flexibility index (Phi) is 11.9. The van der Waals surface area contributed by atoms with Crippen LogP contribution in [0.3, 0.4) is 0 Å². The van der Waals surface area contributed by atoms with Crippen LogP contribution in [-0.4, -0.2) is 160 Å². The number of likely N-dealkylation sites (tertiary alicyclic amines) is 1. The molecule has 0 spiro atoms. The van der Waals surface area contributed by atoms with E-state index in [9.17, 15) is 9.90 Å². The number of nitrogens with zero attached hydrogens (tertiary/aromatic N) is 3. The Morgan fingerprint density at radius 3 is 2.59 bits per heavy atom. The van der Waals surface area contributed by atoms with Gasteiger partial charge in [0.15, 0.2) is 0 Å². The molecular weight excluding hydrogens is 588 g/mol. The largest absolute Gasteiger partial charge is 0.390 e. The molecule has 5 heterocycles. The molecule has 264 valence electrons. The van der Waals surface area contributed by atoms with E-state index in [1.807, 2.05) is 0 Å². The van der Waals surface area contributed by atoms with Crippen molar-refractivity contribution in [3.05, 3.63) is 0 Å². The maximum Gasteiger partial charge on any atom is 0.237 e. The van der Waals surface area contributed by atoms with E-state index in [-0.39, 0.29) is 42.6 Å². The third kappa shape index (κ3) is 8.97. The van der Waals surface area contributed by atoms with Crippen molar-refractivity contribution in [2.75, 3.05) is 85.5 Å². The molecule has 13 heteroatoms. The van der Waals surface area contributed by atoms with Crippen LogP contribution in [0, 0.1) is 17.8 Å². The van der Waals surface area contributed by atoms with E-state index in [0.717, 1.165) is 58.7 Å². The molecule has 1 aliphatic carbocycles. The highest BCUT2D eigenvalue weighted by molar-refractivity contribution is 5.82. The average Bonchev–Trinajstić information content (AvgIpc) is 3.55. The number of β-amino-alcohol motifs (C(OH)–C–C–N with tert-alkyl or cyclic N) is 1. The summed E-state index contributed by atoms with van der Waals surface area (Å²) in [5, 5.41) is 28.3. The minimum Gasteiger partial charge on any atom is -0.390 e. The van der Waals surface area contributed by atoms with Gasteiger partial charge < -0.3 is 29.5 Å². The van der Waals surface area contributed by atoms with Gasteiger partial charge in [0, 0.05) is 64.3 Å². The average molecular weight is 651 g/mol. The van der Waals surface area contributed by atoms with Gasteiger partial charge in [-0.3, -0.25) is 35.9 Å². The van der Waals surface area contributed by atoms with E-state index in [0.29, 0.717) is 69.4 Å². The van der Waals surface area contributed by atoms with Crippen LogP contribution in [0.5, 0.6) is 0 Å². The van der Waals surface area contributed by atoms with Gasteiger partial charge in [-0.05, 0) is 64.3 Å². The van der Waals surface area contributed by atoms with Gasteiger partial charge in [-0.2, -0.15) is 0 Å².